The number of methoxy groups -OCH3 is 1. The molecule has 15 heavy (non-hydrogen) atoms. The molecule has 1 aliphatic carbocycles. The van der Waals surface area contributed by atoms with E-state index in [2.05, 4.69) is 11.8 Å². The predicted octanol–water partition coefficient (Wildman–Crippen LogP) is 1.95. The molecule has 0 radical (unpaired) electrons. The summed E-state index contributed by atoms with van der Waals surface area (Å²) in [4.78, 5) is 13.9. The van der Waals surface area contributed by atoms with Crippen LogP contribution in [-0.2, 0) is 9.53 Å². The van der Waals surface area contributed by atoms with Gasteiger partial charge < -0.3 is 4.74 Å². The molecule has 0 aromatic carbocycles. The quantitative estimate of drug-likeness (QED) is 0.654. The molecule has 0 spiro atoms. The summed E-state index contributed by atoms with van der Waals surface area (Å²) < 4.78 is 4.84. The van der Waals surface area contributed by atoms with Crippen molar-refractivity contribution in [2.24, 2.45) is 0 Å². The van der Waals surface area contributed by atoms with Crippen LogP contribution in [0.15, 0.2) is 0 Å². The van der Waals surface area contributed by atoms with Crippen molar-refractivity contribution in [2.75, 3.05) is 7.11 Å². The van der Waals surface area contributed by atoms with Gasteiger partial charge in [-0.05, 0) is 26.2 Å². The zero-order valence-corrected chi connectivity index (χ0v) is 9.74. The van der Waals surface area contributed by atoms with E-state index in [1.807, 2.05) is 0 Å². The first kappa shape index (κ1) is 10.9. The van der Waals surface area contributed by atoms with Crippen molar-refractivity contribution in [3.05, 3.63) is 0 Å². The Kier molecular flexibility index (Phi) is 3.29. The molecule has 0 amide bonds. The minimum atomic E-state index is -0.0429. The monoisotopic (exact) mass is 211 g/mol. The highest BCUT2D eigenvalue weighted by Gasteiger charge is 2.44. The summed E-state index contributed by atoms with van der Waals surface area (Å²) in [5.74, 6) is -0.0429. The second kappa shape index (κ2) is 4.52. The molecule has 3 heteroatoms. The largest absolute Gasteiger partial charge is 0.468 e. The highest BCUT2D eigenvalue weighted by Crippen LogP contribution is 2.34. The maximum absolute atomic E-state index is 11.5. The van der Waals surface area contributed by atoms with E-state index >= 15 is 0 Å². The maximum atomic E-state index is 11.5. The molecule has 1 saturated heterocycles. The zero-order valence-electron chi connectivity index (χ0n) is 9.74. The molecule has 2 atom stereocenters. The van der Waals surface area contributed by atoms with Gasteiger partial charge in [0.05, 0.1) is 7.11 Å². The van der Waals surface area contributed by atoms with Crippen LogP contribution in [0.25, 0.3) is 0 Å². The SMILES string of the molecule is COC(=O)[C@H]1C[C@@H](C)N1C1CCCCC1. The third kappa shape index (κ3) is 2.03. The molecule has 0 aromatic rings. The Labute approximate surface area is 91.8 Å². The molecule has 0 unspecified atom stereocenters. The minimum absolute atomic E-state index is 0.0429. The van der Waals surface area contributed by atoms with E-state index in [0.717, 1.165) is 6.42 Å². The average Bonchev–Trinajstić information content (AvgIpc) is 2.26. The Hall–Kier alpha value is -0.570. The topological polar surface area (TPSA) is 29.5 Å². The Balaban J connectivity index is 1.96. The van der Waals surface area contributed by atoms with Gasteiger partial charge in [0.25, 0.3) is 0 Å². The minimum Gasteiger partial charge on any atom is -0.468 e. The molecule has 2 fully saturated rings. The van der Waals surface area contributed by atoms with E-state index < -0.39 is 0 Å². The van der Waals surface area contributed by atoms with Gasteiger partial charge in [0.1, 0.15) is 6.04 Å². The number of hydrogen-bond donors (Lipinski definition) is 0. The molecule has 1 aliphatic heterocycles. The Morgan fingerprint density at radius 3 is 2.47 bits per heavy atom. The van der Waals surface area contributed by atoms with E-state index in [-0.39, 0.29) is 12.0 Å². The van der Waals surface area contributed by atoms with Crippen LogP contribution in [0.4, 0.5) is 0 Å². The predicted molar refractivity (Wildman–Crippen MR) is 58.6 cm³/mol. The number of rotatable bonds is 2. The molecule has 3 nitrogen and oxygen atoms in total. The second-order valence-corrected chi connectivity index (χ2v) is 4.86. The van der Waals surface area contributed by atoms with Crippen molar-refractivity contribution < 1.29 is 9.53 Å². The van der Waals surface area contributed by atoms with Gasteiger partial charge in [0, 0.05) is 12.1 Å². The third-order valence-corrected chi connectivity index (χ3v) is 3.90. The van der Waals surface area contributed by atoms with Gasteiger partial charge in [-0.25, -0.2) is 0 Å². The highest BCUT2D eigenvalue weighted by molar-refractivity contribution is 5.77. The molecule has 0 bridgehead atoms. The van der Waals surface area contributed by atoms with Crippen molar-refractivity contribution in [2.45, 2.75) is 63.6 Å². The fourth-order valence-corrected chi connectivity index (χ4v) is 3.08. The number of carbonyl (C=O) groups is 1. The van der Waals surface area contributed by atoms with Crippen molar-refractivity contribution in [1.82, 2.24) is 4.90 Å². The molecule has 2 aliphatic rings. The van der Waals surface area contributed by atoms with E-state index in [4.69, 9.17) is 4.74 Å². The number of esters is 1. The van der Waals surface area contributed by atoms with E-state index in [0.29, 0.717) is 12.1 Å². The fourth-order valence-electron chi connectivity index (χ4n) is 3.08. The highest BCUT2D eigenvalue weighted by atomic mass is 16.5. The van der Waals surface area contributed by atoms with Crippen LogP contribution in [0.1, 0.15) is 45.4 Å². The summed E-state index contributed by atoms with van der Waals surface area (Å²) in [6.07, 6.45) is 7.50. The van der Waals surface area contributed by atoms with Crippen molar-refractivity contribution in [3.8, 4) is 0 Å². The number of nitrogens with zero attached hydrogens (tertiary/aromatic N) is 1. The lowest BCUT2D eigenvalue weighted by Gasteiger charge is -2.50. The summed E-state index contributed by atoms with van der Waals surface area (Å²) in [6.45, 7) is 2.22. The van der Waals surface area contributed by atoms with Gasteiger partial charge in [-0.15, -0.1) is 0 Å². The maximum Gasteiger partial charge on any atom is 0.323 e. The summed E-state index contributed by atoms with van der Waals surface area (Å²) in [5, 5.41) is 0. The summed E-state index contributed by atoms with van der Waals surface area (Å²) in [6, 6.07) is 1.25. The second-order valence-electron chi connectivity index (χ2n) is 4.86. The standard InChI is InChI=1S/C12H21NO2/c1-9-8-11(12(14)15-2)13(9)10-6-4-3-5-7-10/h9-11H,3-8H2,1-2H3/t9-,11-/m1/s1. The molecule has 86 valence electrons. The first-order valence-corrected chi connectivity index (χ1v) is 6.09. The fraction of sp³-hybridized carbons (Fsp3) is 0.917. The van der Waals surface area contributed by atoms with Gasteiger partial charge >= 0.3 is 5.97 Å². The normalized spacial score (nSPS) is 33.5. The van der Waals surface area contributed by atoms with E-state index in [1.54, 1.807) is 0 Å². The number of hydrogen-bond acceptors (Lipinski definition) is 3. The van der Waals surface area contributed by atoms with Crippen LogP contribution in [0.2, 0.25) is 0 Å². The Bertz CT molecular complexity index is 236. The lowest BCUT2D eigenvalue weighted by atomic mass is 9.85. The van der Waals surface area contributed by atoms with Crippen molar-refractivity contribution in [1.29, 1.82) is 0 Å². The number of likely N-dealkylation sites (tertiary alicyclic amines) is 1. The molecule has 0 aromatic heterocycles. The van der Waals surface area contributed by atoms with Gasteiger partial charge in [0.2, 0.25) is 0 Å². The lowest BCUT2D eigenvalue weighted by Crippen LogP contribution is -2.62. The smallest absolute Gasteiger partial charge is 0.323 e. The first-order valence-electron chi connectivity index (χ1n) is 6.09. The van der Waals surface area contributed by atoms with E-state index in [9.17, 15) is 4.79 Å². The first-order chi connectivity index (χ1) is 7.24. The molecule has 0 N–H and O–H groups in total. The third-order valence-electron chi connectivity index (χ3n) is 3.90. The van der Waals surface area contributed by atoms with Gasteiger partial charge in [-0.3, -0.25) is 9.69 Å². The van der Waals surface area contributed by atoms with Crippen LogP contribution in [-0.4, -0.2) is 36.1 Å². The zero-order chi connectivity index (χ0) is 10.8. The summed E-state index contributed by atoms with van der Waals surface area (Å²) >= 11 is 0. The van der Waals surface area contributed by atoms with Gasteiger partial charge in [-0.2, -0.15) is 0 Å². The molecule has 1 saturated carbocycles. The lowest BCUT2D eigenvalue weighted by molar-refractivity contribution is -0.159. The van der Waals surface area contributed by atoms with E-state index in [1.165, 1.54) is 39.2 Å². The van der Waals surface area contributed by atoms with Crippen LogP contribution in [0, 0.1) is 0 Å². The van der Waals surface area contributed by atoms with Crippen LogP contribution >= 0.6 is 0 Å². The molecule has 2 rings (SSSR count). The van der Waals surface area contributed by atoms with Crippen LogP contribution < -0.4 is 0 Å². The summed E-state index contributed by atoms with van der Waals surface area (Å²) in [7, 11) is 1.49. The summed E-state index contributed by atoms with van der Waals surface area (Å²) in [5.41, 5.74) is 0. The van der Waals surface area contributed by atoms with Gasteiger partial charge in [0.15, 0.2) is 0 Å². The van der Waals surface area contributed by atoms with Crippen molar-refractivity contribution >= 4 is 5.97 Å². The van der Waals surface area contributed by atoms with Gasteiger partial charge in [-0.1, -0.05) is 19.3 Å². The number of ether oxygens (including phenoxy) is 1. The Morgan fingerprint density at radius 1 is 1.27 bits per heavy atom. The number of carbonyl (C=O) groups excluding carboxylic acids is 1. The Morgan fingerprint density at radius 2 is 1.93 bits per heavy atom. The molecular weight excluding hydrogens is 190 g/mol. The van der Waals surface area contributed by atoms with Crippen molar-refractivity contribution in [3.63, 3.8) is 0 Å². The van der Waals surface area contributed by atoms with Crippen LogP contribution in [0.3, 0.4) is 0 Å². The molecule has 1 heterocycles. The van der Waals surface area contributed by atoms with Crippen LogP contribution in [0.5, 0.6) is 0 Å². The molecular formula is C12H21NO2. The average molecular weight is 211 g/mol.